The van der Waals surface area contributed by atoms with Gasteiger partial charge in [-0.25, -0.2) is 13.2 Å². The molecule has 31 heavy (non-hydrogen) atoms. The minimum atomic E-state index is -3.98. The molecule has 0 aliphatic heterocycles. The highest BCUT2D eigenvalue weighted by molar-refractivity contribution is 7.92. The van der Waals surface area contributed by atoms with E-state index in [-0.39, 0.29) is 22.1 Å². The molecule has 0 saturated carbocycles. The second kappa shape index (κ2) is 8.40. The third-order valence-corrected chi connectivity index (χ3v) is 7.30. The van der Waals surface area contributed by atoms with Crippen LogP contribution in [0.2, 0.25) is 0 Å². The van der Waals surface area contributed by atoms with Crippen LogP contribution in [-0.2, 0) is 23.0 Å². The fraction of sp³-hybridized carbons (Fsp3) is 0.143. The van der Waals surface area contributed by atoms with E-state index in [9.17, 15) is 18.0 Å². The standard InChI is InChI=1S/C21H20N4O4S2/c1-2-13-7-8-14(30-13)12-22-20(26)16-5-3-4-6-17(16)25-31(28,29)15-9-10-18-19(11-15)24-21(27)23-18/h3-11,25H,2,12H2,1H3,(H,22,26)(H2,23,24,27). The van der Waals surface area contributed by atoms with Gasteiger partial charge in [-0.1, -0.05) is 19.1 Å². The van der Waals surface area contributed by atoms with E-state index in [0.29, 0.717) is 17.6 Å². The Labute approximate surface area is 182 Å². The zero-order valence-electron chi connectivity index (χ0n) is 16.6. The molecule has 0 unspecified atom stereocenters. The van der Waals surface area contributed by atoms with E-state index in [1.165, 1.54) is 29.1 Å². The monoisotopic (exact) mass is 456 g/mol. The first kappa shape index (κ1) is 20.9. The maximum absolute atomic E-state index is 12.9. The number of hydrogen-bond acceptors (Lipinski definition) is 5. The first-order valence-electron chi connectivity index (χ1n) is 9.55. The van der Waals surface area contributed by atoms with E-state index < -0.39 is 15.7 Å². The number of H-pyrrole nitrogens is 2. The van der Waals surface area contributed by atoms with Gasteiger partial charge in [-0.2, -0.15) is 0 Å². The molecule has 0 aliphatic carbocycles. The molecule has 4 rings (SSSR count). The third kappa shape index (κ3) is 4.54. The number of carbonyl (C=O) groups excluding carboxylic acids is 1. The van der Waals surface area contributed by atoms with Crippen molar-refractivity contribution in [2.75, 3.05) is 4.72 Å². The smallest absolute Gasteiger partial charge is 0.323 e. The van der Waals surface area contributed by atoms with Crippen LogP contribution in [0.1, 0.15) is 27.0 Å². The Bertz CT molecular complexity index is 1420. The van der Waals surface area contributed by atoms with Gasteiger partial charge in [0, 0.05) is 9.75 Å². The number of nitrogens with one attached hydrogen (secondary N) is 4. The van der Waals surface area contributed by atoms with E-state index in [4.69, 9.17) is 0 Å². The molecule has 2 aromatic carbocycles. The van der Waals surface area contributed by atoms with Gasteiger partial charge in [0.25, 0.3) is 15.9 Å². The summed E-state index contributed by atoms with van der Waals surface area (Å²) in [5.41, 5.74) is 0.846. The van der Waals surface area contributed by atoms with E-state index in [1.54, 1.807) is 29.5 Å². The highest BCUT2D eigenvalue weighted by Crippen LogP contribution is 2.22. The molecule has 2 aromatic heterocycles. The lowest BCUT2D eigenvalue weighted by Crippen LogP contribution is -2.24. The predicted molar refractivity (Wildman–Crippen MR) is 121 cm³/mol. The summed E-state index contributed by atoms with van der Waals surface area (Å²) >= 11 is 1.63. The van der Waals surface area contributed by atoms with Crippen LogP contribution in [0.4, 0.5) is 5.69 Å². The molecule has 4 N–H and O–H groups in total. The summed E-state index contributed by atoms with van der Waals surface area (Å²) in [6, 6.07) is 14.7. The second-order valence-electron chi connectivity index (χ2n) is 6.84. The Morgan fingerprint density at radius 2 is 1.74 bits per heavy atom. The molecular weight excluding hydrogens is 436 g/mol. The van der Waals surface area contributed by atoms with Crippen molar-refractivity contribution < 1.29 is 13.2 Å². The third-order valence-electron chi connectivity index (χ3n) is 4.70. The molecule has 2 heterocycles. The SMILES string of the molecule is CCc1ccc(CNC(=O)c2ccccc2NS(=O)(=O)c2ccc3[nH]c(=O)[nH]c3c2)s1. The summed E-state index contributed by atoms with van der Waals surface area (Å²) in [7, 11) is -3.98. The van der Waals surface area contributed by atoms with Crippen LogP contribution in [0.5, 0.6) is 0 Å². The summed E-state index contributed by atoms with van der Waals surface area (Å²) in [5.74, 6) is -0.379. The lowest BCUT2D eigenvalue weighted by molar-refractivity contribution is 0.0952. The van der Waals surface area contributed by atoms with Gasteiger partial charge in [-0.05, 0) is 48.9 Å². The molecule has 0 atom stereocenters. The maximum atomic E-state index is 12.9. The molecule has 0 aliphatic rings. The van der Waals surface area contributed by atoms with Crippen LogP contribution in [0.15, 0.2) is 64.3 Å². The van der Waals surface area contributed by atoms with Gasteiger partial charge in [0.15, 0.2) is 0 Å². The number of amides is 1. The maximum Gasteiger partial charge on any atom is 0.323 e. The number of aromatic nitrogens is 2. The fourth-order valence-electron chi connectivity index (χ4n) is 3.12. The number of benzene rings is 2. The van der Waals surface area contributed by atoms with Crippen LogP contribution in [-0.4, -0.2) is 24.3 Å². The van der Waals surface area contributed by atoms with Crippen molar-refractivity contribution in [1.82, 2.24) is 15.3 Å². The molecule has 0 saturated heterocycles. The number of imidazole rings is 1. The van der Waals surface area contributed by atoms with Crippen LogP contribution >= 0.6 is 11.3 Å². The molecular formula is C21H20N4O4S2. The average Bonchev–Trinajstić information content (AvgIpc) is 3.36. The van der Waals surface area contributed by atoms with E-state index >= 15 is 0 Å². The van der Waals surface area contributed by atoms with Gasteiger partial charge in [0.05, 0.1) is 33.7 Å². The van der Waals surface area contributed by atoms with Gasteiger partial charge in [0.1, 0.15) is 0 Å². The van der Waals surface area contributed by atoms with Crippen molar-refractivity contribution in [2.45, 2.75) is 24.8 Å². The highest BCUT2D eigenvalue weighted by atomic mass is 32.2. The number of thiophene rings is 1. The van der Waals surface area contributed by atoms with E-state index in [0.717, 1.165) is 11.3 Å². The fourth-order valence-corrected chi connectivity index (χ4v) is 5.13. The number of sulfonamides is 1. The van der Waals surface area contributed by atoms with Crippen molar-refractivity contribution in [2.24, 2.45) is 0 Å². The first-order valence-corrected chi connectivity index (χ1v) is 11.9. The van der Waals surface area contributed by atoms with E-state index in [2.05, 4.69) is 26.9 Å². The molecule has 0 bridgehead atoms. The van der Waals surface area contributed by atoms with Crippen LogP contribution < -0.4 is 15.7 Å². The predicted octanol–water partition coefficient (Wildman–Crippen LogP) is 3.21. The van der Waals surface area contributed by atoms with E-state index in [1.807, 2.05) is 12.1 Å². The van der Waals surface area contributed by atoms with Crippen molar-refractivity contribution >= 4 is 44.0 Å². The Morgan fingerprint density at radius 1 is 1.00 bits per heavy atom. The summed E-state index contributed by atoms with van der Waals surface area (Å²) in [6.07, 6.45) is 0.936. The zero-order valence-corrected chi connectivity index (χ0v) is 18.2. The summed E-state index contributed by atoms with van der Waals surface area (Å²) in [4.78, 5) is 31.5. The average molecular weight is 457 g/mol. The zero-order chi connectivity index (χ0) is 22.0. The Kier molecular flexibility index (Phi) is 5.66. The summed E-state index contributed by atoms with van der Waals surface area (Å²) in [6.45, 7) is 2.43. The van der Waals surface area contributed by atoms with Crippen LogP contribution in [0.3, 0.4) is 0 Å². The quantitative estimate of drug-likeness (QED) is 0.341. The molecule has 0 radical (unpaired) electrons. The number of carbonyl (C=O) groups is 1. The van der Waals surface area contributed by atoms with Crippen molar-refractivity contribution in [3.05, 3.63) is 80.4 Å². The number of rotatable bonds is 7. The Balaban J connectivity index is 1.55. The van der Waals surface area contributed by atoms with Gasteiger partial charge >= 0.3 is 5.69 Å². The van der Waals surface area contributed by atoms with Crippen LogP contribution in [0.25, 0.3) is 11.0 Å². The highest BCUT2D eigenvalue weighted by Gasteiger charge is 2.19. The normalized spacial score (nSPS) is 11.5. The molecule has 8 nitrogen and oxygen atoms in total. The Hall–Kier alpha value is -3.37. The second-order valence-corrected chi connectivity index (χ2v) is 9.78. The summed E-state index contributed by atoms with van der Waals surface area (Å²) < 4.78 is 28.3. The number of anilines is 1. The van der Waals surface area contributed by atoms with Crippen LogP contribution in [0, 0.1) is 0 Å². The van der Waals surface area contributed by atoms with Crippen molar-refractivity contribution in [3.8, 4) is 0 Å². The molecule has 0 spiro atoms. The largest absolute Gasteiger partial charge is 0.347 e. The molecule has 10 heteroatoms. The topological polar surface area (TPSA) is 124 Å². The number of para-hydroxylation sites is 1. The molecule has 4 aromatic rings. The van der Waals surface area contributed by atoms with Crippen molar-refractivity contribution in [1.29, 1.82) is 0 Å². The van der Waals surface area contributed by atoms with Crippen molar-refractivity contribution in [3.63, 3.8) is 0 Å². The van der Waals surface area contributed by atoms with Gasteiger partial charge in [-0.15, -0.1) is 11.3 Å². The van der Waals surface area contributed by atoms with Gasteiger partial charge in [0.2, 0.25) is 0 Å². The minimum Gasteiger partial charge on any atom is -0.347 e. The van der Waals surface area contributed by atoms with Gasteiger partial charge in [-0.3, -0.25) is 9.52 Å². The summed E-state index contributed by atoms with van der Waals surface area (Å²) in [5, 5.41) is 2.84. The minimum absolute atomic E-state index is 0.0314. The first-order chi connectivity index (χ1) is 14.9. The Morgan fingerprint density at radius 3 is 2.52 bits per heavy atom. The molecule has 1 amide bonds. The molecule has 160 valence electrons. The number of hydrogen-bond donors (Lipinski definition) is 4. The number of aryl methyl sites for hydroxylation is 1. The lowest BCUT2D eigenvalue weighted by Gasteiger charge is -2.13. The van der Waals surface area contributed by atoms with Gasteiger partial charge < -0.3 is 15.3 Å². The lowest BCUT2D eigenvalue weighted by atomic mass is 10.1. The number of aromatic amines is 2. The molecule has 0 fully saturated rings. The number of fused-ring (bicyclic) bond motifs is 1.